The highest BCUT2D eigenvalue weighted by Gasteiger charge is 2.58. The Labute approximate surface area is 204 Å². The minimum atomic E-state index is -0.580. The van der Waals surface area contributed by atoms with Gasteiger partial charge in [-0.2, -0.15) is 0 Å². The second-order valence-corrected chi connectivity index (χ2v) is 9.85. The molecule has 34 heavy (non-hydrogen) atoms. The smallest absolute Gasteiger partial charge is 0.250 e. The molecule has 2 aromatic carbocycles. The molecule has 2 aliphatic rings. The Morgan fingerprint density at radius 1 is 0.971 bits per heavy atom. The summed E-state index contributed by atoms with van der Waals surface area (Å²) in [5.41, 5.74) is 12.1. The van der Waals surface area contributed by atoms with Crippen LogP contribution in [0.4, 0.5) is 0 Å². The number of nitrogens with two attached hydrogens (primary N) is 1. The van der Waals surface area contributed by atoms with Crippen LogP contribution >= 0.6 is 12.4 Å². The van der Waals surface area contributed by atoms with E-state index in [1.807, 2.05) is 18.2 Å². The molecule has 2 fully saturated rings. The first-order valence-electron chi connectivity index (χ1n) is 11.5. The number of hydrogen-bond acceptors (Lipinski definition) is 4. The maximum atomic E-state index is 12.2. The van der Waals surface area contributed by atoms with Crippen molar-refractivity contribution in [2.24, 2.45) is 18.7 Å². The van der Waals surface area contributed by atoms with Gasteiger partial charge in [0.2, 0.25) is 0 Å². The van der Waals surface area contributed by atoms with E-state index in [0.717, 1.165) is 51.8 Å². The number of halogens is 1. The number of rotatable bonds is 4. The molecule has 6 heteroatoms. The number of aromatic nitrogens is 2. The van der Waals surface area contributed by atoms with Crippen LogP contribution in [0.25, 0.3) is 33.4 Å². The van der Waals surface area contributed by atoms with Crippen LogP contribution in [-0.4, -0.2) is 20.3 Å². The van der Waals surface area contributed by atoms with Crippen molar-refractivity contribution < 1.29 is 5.11 Å². The Hall–Kier alpha value is -2.99. The molecule has 2 aromatic heterocycles. The quantitative estimate of drug-likeness (QED) is 0.447. The van der Waals surface area contributed by atoms with Crippen molar-refractivity contribution in [2.75, 3.05) is 0 Å². The van der Waals surface area contributed by atoms with E-state index >= 15 is 0 Å². The number of aryl methyl sites for hydroxylation is 1. The lowest BCUT2D eigenvalue weighted by molar-refractivity contribution is -0.106. The van der Waals surface area contributed by atoms with Crippen LogP contribution in [0.15, 0.2) is 77.6 Å². The molecule has 2 saturated carbocycles. The van der Waals surface area contributed by atoms with E-state index in [0.29, 0.717) is 18.8 Å². The SMILES string of the molecule is Cl.Cn1c(=O)ccc2nc(-c3ccc(C4(N)CC(O)(C5CC5)C4)cc3)c(-c3ccccc3)cc21. The first-order chi connectivity index (χ1) is 15.9. The summed E-state index contributed by atoms with van der Waals surface area (Å²) >= 11 is 0. The Balaban J connectivity index is 0.00000241. The van der Waals surface area contributed by atoms with Gasteiger partial charge in [0.15, 0.2) is 0 Å². The van der Waals surface area contributed by atoms with Crippen molar-refractivity contribution in [1.82, 2.24) is 9.55 Å². The monoisotopic (exact) mass is 473 g/mol. The topological polar surface area (TPSA) is 81.1 Å². The summed E-state index contributed by atoms with van der Waals surface area (Å²) < 4.78 is 1.64. The minimum Gasteiger partial charge on any atom is -0.389 e. The summed E-state index contributed by atoms with van der Waals surface area (Å²) in [6.07, 6.45) is 3.49. The van der Waals surface area contributed by atoms with Crippen LogP contribution in [-0.2, 0) is 12.6 Å². The molecule has 5 nitrogen and oxygen atoms in total. The Bertz CT molecular complexity index is 1420. The molecule has 6 rings (SSSR count). The summed E-state index contributed by atoms with van der Waals surface area (Å²) in [4.78, 5) is 17.2. The molecule has 0 radical (unpaired) electrons. The lowest BCUT2D eigenvalue weighted by Gasteiger charge is -2.52. The van der Waals surface area contributed by atoms with E-state index in [1.165, 1.54) is 0 Å². The van der Waals surface area contributed by atoms with E-state index in [-0.39, 0.29) is 18.0 Å². The van der Waals surface area contributed by atoms with Crippen LogP contribution in [0.2, 0.25) is 0 Å². The van der Waals surface area contributed by atoms with E-state index in [9.17, 15) is 9.90 Å². The second kappa shape index (κ2) is 8.05. The fraction of sp³-hybridized carbons (Fsp3) is 0.286. The Kier molecular flexibility index (Phi) is 5.40. The highest BCUT2D eigenvalue weighted by atomic mass is 35.5. The molecule has 3 N–H and O–H groups in total. The van der Waals surface area contributed by atoms with Crippen molar-refractivity contribution in [3.63, 3.8) is 0 Å². The molecule has 174 valence electrons. The summed E-state index contributed by atoms with van der Waals surface area (Å²) in [7, 11) is 1.78. The zero-order valence-corrected chi connectivity index (χ0v) is 19.9. The number of pyridine rings is 2. The van der Waals surface area contributed by atoms with Crippen molar-refractivity contribution in [2.45, 2.75) is 36.8 Å². The third kappa shape index (κ3) is 3.65. The maximum Gasteiger partial charge on any atom is 0.250 e. The van der Waals surface area contributed by atoms with Crippen LogP contribution in [0.3, 0.4) is 0 Å². The van der Waals surface area contributed by atoms with Gasteiger partial charge in [0.05, 0.1) is 22.3 Å². The molecular weight excluding hydrogens is 446 g/mol. The fourth-order valence-corrected chi connectivity index (χ4v) is 5.46. The number of benzene rings is 2. The van der Waals surface area contributed by atoms with Crippen LogP contribution < -0.4 is 11.3 Å². The zero-order valence-electron chi connectivity index (χ0n) is 19.1. The minimum absolute atomic E-state index is 0. The van der Waals surface area contributed by atoms with Gasteiger partial charge >= 0.3 is 0 Å². The van der Waals surface area contributed by atoms with Gasteiger partial charge in [-0.3, -0.25) is 4.79 Å². The average molecular weight is 474 g/mol. The molecule has 0 atom stereocenters. The van der Waals surface area contributed by atoms with Gasteiger partial charge in [-0.1, -0.05) is 54.6 Å². The zero-order chi connectivity index (χ0) is 22.8. The highest BCUT2D eigenvalue weighted by Crippen LogP contribution is 2.57. The first kappa shape index (κ1) is 22.8. The maximum absolute atomic E-state index is 12.2. The van der Waals surface area contributed by atoms with Gasteiger partial charge in [0.25, 0.3) is 5.56 Å². The van der Waals surface area contributed by atoms with Crippen molar-refractivity contribution in [3.8, 4) is 22.4 Å². The summed E-state index contributed by atoms with van der Waals surface area (Å²) in [5, 5.41) is 10.8. The number of fused-ring (bicyclic) bond motifs is 1. The molecule has 0 bridgehead atoms. The van der Waals surface area contributed by atoms with Crippen LogP contribution in [0.1, 0.15) is 31.2 Å². The molecular formula is C28H28ClN3O2. The number of aliphatic hydroxyl groups is 1. The van der Waals surface area contributed by atoms with Crippen molar-refractivity contribution >= 4 is 23.4 Å². The average Bonchev–Trinajstić information content (AvgIpc) is 3.67. The second-order valence-electron chi connectivity index (χ2n) is 9.85. The summed E-state index contributed by atoms with van der Waals surface area (Å²) in [6, 6.07) is 23.8. The van der Waals surface area contributed by atoms with Gasteiger partial charge in [-0.15, -0.1) is 12.4 Å². The normalized spacial score (nSPS) is 23.9. The van der Waals surface area contributed by atoms with Gasteiger partial charge in [-0.25, -0.2) is 4.98 Å². The summed E-state index contributed by atoms with van der Waals surface area (Å²) in [5.74, 6) is 0.430. The van der Waals surface area contributed by atoms with Crippen molar-refractivity contribution in [1.29, 1.82) is 0 Å². The summed E-state index contributed by atoms with van der Waals surface area (Å²) in [6.45, 7) is 0. The number of nitrogens with zero attached hydrogens (tertiary/aromatic N) is 2. The van der Waals surface area contributed by atoms with Crippen LogP contribution in [0.5, 0.6) is 0 Å². The van der Waals surface area contributed by atoms with Crippen molar-refractivity contribution in [3.05, 3.63) is 88.7 Å². The van der Waals surface area contributed by atoms with E-state index < -0.39 is 11.1 Å². The van der Waals surface area contributed by atoms with E-state index in [2.05, 4.69) is 42.5 Å². The predicted octanol–water partition coefficient (Wildman–Crippen LogP) is 4.78. The van der Waals surface area contributed by atoms with Gasteiger partial charge in [0.1, 0.15) is 0 Å². The fourth-order valence-electron chi connectivity index (χ4n) is 5.46. The molecule has 0 saturated heterocycles. The Morgan fingerprint density at radius 3 is 2.29 bits per heavy atom. The van der Waals surface area contributed by atoms with Gasteiger partial charge < -0.3 is 15.4 Å². The highest BCUT2D eigenvalue weighted by molar-refractivity contribution is 5.90. The van der Waals surface area contributed by atoms with Gasteiger partial charge in [0, 0.05) is 29.8 Å². The lowest BCUT2D eigenvalue weighted by Crippen LogP contribution is -2.60. The Morgan fingerprint density at radius 2 is 1.65 bits per heavy atom. The van der Waals surface area contributed by atoms with Crippen LogP contribution in [0, 0.1) is 5.92 Å². The first-order valence-corrected chi connectivity index (χ1v) is 11.5. The van der Waals surface area contributed by atoms with E-state index in [4.69, 9.17) is 10.7 Å². The molecule has 0 unspecified atom stereocenters. The molecule has 2 aliphatic carbocycles. The van der Waals surface area contributed by atoms with Gasteiger partial charge in [-0.05, 0) is 54.9 Å². The predicted molar refractivity (Wildman–Crippen MR) is 138 cm³/mol. The standard InChI is InChI=1S/C28H27N3O2.ClH/c1-31-24-15-22(18-5-3-2-4-6-18)26(30-23(24)13-14-25(31)32)19-7-9-20(10-8-19)27(29)16-28(33,17-27)21-11-12-21;/h2-10,13-15,21,33H,11-12,16-17,29H2,1H3;1H. The molecule has 0 amide bonds. The molecule has 0 spiro atoms. The largest absolute Gasteiger partial charge is 0.389 e. The third-order valence-electron chi connectivity index (χ3n) is 7.51. The lowest BCUT2D eigenvalue weighted by atomic mass is 9.60. The third-order valence-corrected chi connectivity index (χ3v) is 7.51. The molecule has 0 aliphatic heterocycles. The molecule has 4 aromatic rings. The van der Waals surface area contributed by atoms with E-state index in [1.54, 1.807) is 23.7 Å². The molecule has 2 heterocycles. The number of hydrogen-bond donors (Lipinski definition) is 2.